The number of benzene rings is 1. The Kier molecular flexibility index (Phi) is 8.16. The van der Waals surface area contributed by atoms with Crippen molar-refractivity contribution in [1.82, 2.24) is 10.1 Å². The molecular weight excluding hydrogens is 351 g/mol. The van der Waals surface area contributed by atoms with E-state index in [1.807, 2.05) is 18.7 Å². The van der Waals surface area contributed by atoms with Crippen LogP contribution in [0.5, 0.6) is 0 Å². The second-order valence-corrected chi connectivity index (χ2v) is 7.43. The highest BCUT2D eigenvalue weighted by atomic mass is 32.2. The fraction of sp³-hybridized carbons (Fsp3) is 0.500. The van der Waals surface area contributed by atoms with Crippen molar-refractivity contribution >= 4 is 17.7 Å². The van der Waals surface area contributed by atoms with Crippen LogP contribution >= 0.6 is 11.8 Å². The second-order valence-electron chi connectivity index (χ2n) is 6.44. The van der Waals surface area contributed by atoms with Crippen LogP contribution in [0, 0.1) is 19.7 Å². The number of hydrogen-bond donors (Lipinski definition) is 0. The molecule has 0 aliphatic carbocycles. The molecule has 142 valence electrons. The van der Waals surface area contributed by atoms with E-state index in [4.69, 9.17) is 4.52 Å². The fourth-order valence-electron chi connectivity index (χ4n) is 2.69. The minimum absolute atomic E-state index is 0.113. The number of thioether (sulfide) groups is 1. The topological polar surface area (TPSA) is 46.3 Å². The molecule has 0 aliphatic rings. The summed E-state index contributed by atoms with van der Waals surface area (Å²) in [5, 5.41) is 3.95. The number of carbonyl (C=O) groups excluding carboxylic acids is 1. The van der Waals surface area contributed by atoms with Crippen molar-refractivity contribution in [3.8, 4) is 0 Å². The Bertz CT molecular complexity index is 681. The van der Waals surface area contributed by atoms with Gasteiger partial charge in [-0.3, -0.25) is 4.79 Å². The predicted octanol–water partition coefficient (Wildman–Crippen LogP) is 4.88. The Morgan fingerprint density at radius 1 is 1.23 bits per heavy atom. The number of nitrogens with zero attached hydrogens (tertiary/aromatic N) is 2. The van der Waals surface area contributed by atoms with Gasteiger partial charge in [0.05, 0.1) is 11.4 Å². The summed E-state index contributed by atoms with van der Waals surface area (Å²) in [5.41, 5.74) is 2.90. The number of halogens is 1. The third-order valence-corrected chi connectivity index (χ3v) is 5.27. The van der Waals surface area contributed by atoms with E-state index in [1.54, 1.807) is 23.9 Å². The van der Waals surface area contributed by atoms with Crippen LogP contribution in [0.3, 0.4) is 0 Å². The molecule has 1 aromatic carbocycles. The van der Waals surface area contributed by atoms with Gasteiger partial charge < -0.3 is 9.42 Å². The molecule has 0 saturated carbocycles. The predicted molar refractivity (Wildman–Crippen MR) is 103 cm³/mol. The molecule has 0 radical (unpaired) electrons. The van der Waals surface area contributed by atoms with Crippen LogP contribution in [0.15, 0.2) is 28.8 Å². The van der Waals surface area contributed by atoms with E-state index in [9.17, 15) is 9.18 Å². The molecule has 0 spiro atoms. The highest BCUT2D eigenvalue weighted by Gasteiger charge is 2.15. The van der Waals surface area contributed by atoms with E-state index in [-0.39, 0.29) is 11.7 Å². The van der Waals surface area contributed by atoms with Gasteiger partial charge in [-0.15, -0.1) is 11.8 Å². The molecule has 4 nitrogen and oxygen atoms in total. The lowest BCUT2D eigenvalue weighted by molar-refractivity contribution is -0.129. The number of hydrogen-bond acceptors (Lipinski definition) is 4. The van der Waals surface area contributed by atoms with E-state index in [0.29, 0.717) is 18.1 Å². The summed E-state index contributed by atoms with van der Waals surface area (Å²) < 4.78 is 18.3. The molecule has 0 fully saturated rings. The van der Waals surface area contributed by atoms with Crippen molar-refractivity contribution in [2.45, 2.75) is 52.3 Å². The third kappa shape index (κ3) is 6.16. The van der Waals surface area contributed by atoms with Crippen molar-refractivity contribution in [1.29, 1.82) is 0 Å². The number of carbonyl (C=O) groups is 1. The number of amides is 1. The Labute approximate surface area is 159 Å². The smallest absolute Gasteiger partial charge is 0.232 e. The Morgan fingerprint density at radius 2 is 1.96 bits per heavy atom. The SMILES string of the molecule is CCCCCN(Cc1ccc(F)cc1)C(=O)CSCc1c(C)noc1C. The zero-order valence-corrected chi connectivity index (χ0v) is 16.6. The van der Waals surface area contributed by atoms with E-state index in [2.05, 4.69) is 12.1 Å². The van der Waals surface area contributed by atoms with Gasteiger partial charge in [0.15, 0.2) is 0 Å². The third-order valence-electron chi connectivity index (χ3n) is 4.32. The largest absolute Gasteiger partial charge is 0.361 e. The molecule has 0 N–H and O–H groups in total. The van der Waals surface area contributed by atoms with Crippen LogP contribution in [0.25, 0.3) is 0 Å². The molecule has 2 aromatic rings. The fourth-order valence-corrected chi connectivity index (χ4v) is 3.77. The minimum Gasteiger partial charge on any atom is -0.361 e. The first-order valence-electron chi connectivity index (χ1n) is 9.03. The standard InChI is InChI=1S/C20H27FN2O2S/c1-4-5-6-11-23(12-17-7-9-18(21)10-8-17)20(24)14-26-13-19-15(2)22-25-16(19)3/h7-10H,4-6,11-14H2,1-3H3. The molecule has 0 unspecified atom stereocenters. The molecule has 1 amide bonds. The van der Waals surface area contributed by atoms with Crippen molar-refractivity contribution in [2.24, 2.45) is 0 Å². The van der Waals surface area contributed by atoms with Crippen LogP contribution in [-0.2, 0) is 17.1 Å². The van der Waals surface area contributed by atoms with Crippen LogP contribution in [0.2, 0.25) is 0 Å². The van der Waals surface area contributed by atoms with Crippen LogP contribution in [-0.4, -0.2) is 28.3 Å². The number of aromatic nitrogens is 1. The van der Waals surface area contributed by atoms with Crippen molar-refractivity contribution in [3.05, 3.63) is 52.7 Å². The monoisotopic (exact) mass is 378 g/mol. The molecular formula is C20H27FN2O2S. The van der Waals surface area contributed by atoms with E-state index >= 15 is 0 Å². The minimum atomic E-state index is -0.257. The lowest BCUT2D eigenvalue weighted by Gasteiger charge is -2.23. The zero-order valence-electron chi connectivity index (χ0n) is 15.8. The van der Waals surface area contributed by atoms with Gasteiger partial charge in [-0.25, -0.2) is 4.39 Å². The van der Waals surface area contributed by atoms with Crippen LogP contribution < -0.4 is 0 Å². The zero-order chi connectivity index (χ0) is 18.9. The van der Waals surface area contributed by atoms with Gasteiger partial charge in [0.1, 0.15) is 11.6 Å². The van der Waals surface area contributed by atoms with Crippen molar-refractivity contribution in [2.75, 3.05) is 12.3 Å². The highest BCUT2D eigenvalue weighted by molar-refractivity contribution is 7.99. The summed E-state index contributed by atoms with van der Waals surface area (Å²) in [7, 11) is 0. The molecule has 0 bridgehead atoms. The summed E-state index contributed by atoms with van der Waals surface area (Å²) >= 11 is 1.58. The second kappa shape index (κ2) is 10.4. The maximum atomic E-state index is 13.1. The average molecular weight is 379 g/mol. The van der Waals surface area contributed by atoms with E-state index in [0.717, 1.165) is 48.4 Å². The van der Waals surface area contributed by atoms with Crippen LogP contribution in [0.4, 0.5) is 4.39 Å². The van der Waals surface area contributed by atoms with E-state index < -0.39 is 0 Å². The number of rotatable bonds is 10. The lowest BCUT2D eigenvalue weighted by atomic mass is 10.2. The number of unbranched alkanes of at least 4 members (excludes halogenated alkanes) is 2. The van der Waals surface area contributed by atoms with Gasteiger partial charge in [0.25, 0.3) is 0 Å². The molecule has 0 atom stereocenters. The molecule has 2 rings (SSSR count). The molecule has 1 heterocycles. The molecule has 0 aliphatic heterocycles. The quantitative estimate of drug-likeness (QED) is 0.553. The molecule has 6 heteroatoms. The molecule has 1 aromatic heterocycles. The van der Waals surface area contributed by atoms with Gasteiger partial charge in [-0.1, -0.05) is 37.1 Å². The Morgan fingerprint density at radius 3 is 2.58 bits per heavy atom. The summed E-state index contributed by atoms with van der Waals surface area (Å²) in [5.74, 6) is 1.80. The van der Waals surface area contributed by atoms with Crippen molar-refractivity contribution in [3.63, 3.8) is 0 Å². The number of aryl methyl sites for hydroxylation is 2. The first-order chi connectivity index (χ1) is 12.5. The van der Waals surface area contributed by atoms with E-state index in [1.165, 1.54) is 12.1 Å². The highest BCUT2D eigenvalue weighted by Crippen LogP contribution is 2.20. The molecule has 0 saturated heterocycles. The van der Waals surface area contributed by atoms with Gasteiger partial charge in [-0.2, -0.15) is 0 Å². The first-order valence-corrected chi connectivity index (χ1v) is 10.2. The summed E-state index contributed by atoms with van der Waals surface area (Å²) in [6.07, 6.45) is 3.19. The lowest BCUT2D eigenvalue weighted by Crippen LogP contribution is -2.33. The maximum Gasteiger partial charge on any atom is 0.232 e. The van der Waals surface area contributed by atoms with Crippen molar-refractivity contribution < 1.29 is 13.7 Å². The van der Waals surface area contributed by atoms with Gasteiger partial charge in [0.2, 0.25) is 5.91 Å². The molecule has 26 heavy (non-hydrogen) atoms. The van der Waals surface area contributed by atoms with Crippen LogP contribution in [0.1, 0.15) is 48.8 Å². The summed E-state index contributed by atoms with van der Waals surface area (Å²) in [4.78, 5) is 14.6. The normalized spacial score (nSPS) is 10.9. The van der Waals surface area contributed by atoms with Gasteiger partial charge in [0, 0.05) is 24.4 Å². The first kappa shape index (κ1) is 20.5. The Hall–Kier alpha value is -1.82. The average Bonchev–Trinajstić information content (AvgIpc) is 2.94. The summed E-state index contributed by atoms with van der Waals surface area (Å²) in [6, 6.07) is 6.37. The van der Waals surface area contributed by atoms with Gasteiger partial charge >= 0.3 is 0 Å². The summed E-state index contributed by atoms with van der Waals surface area (Å²) in [6.45, 7) is 7.21. The Balaban J connectivity index is 1.92. The van der Waals surface area contributed by atoms with Gasteiger partial charge in [-0.05, 0) is 38.0 Å². The maximum absolute atomic E-state index is 13.1.